The maximum absolute atomic E-state index is 10.9. The maximum atomic E-state index is 10.9. The van der Waals surface area contributed by atoms with E-state index in [0.717, 1.165) is 34.6 Å². The van der Waals surface area contributed by atoms with Gasteiger partial charge >= 0.3 is 0 Å². The molecule has 1 N–H and O–H groups in total. The lowest BCUT2D eigenvalue weighted by Crippen LogP contribution is -2.31. The predicted octanol–water partition coefficient (Wildman–Crippen LogP) is 4.42. The summed E-state index contributed by atoms with van der Waals surface area (Å²) in [6.07, 6.45) is 6.43. The molecule has 27 heavy (non-hydrogen) atoms. The Hall–Kier alpha value is -1.88. The molecule has 0 saturated carbocycles. The summed E-state index contributed by atoms with van der Waals surface area (Å²) in [5, 5.41) is 13.0. The predicted molar refractivity (Wildman–Crippen MR) is 108 cm³/mol. The Balaban J connectivity index is 1.66. The number of halogens is 1. The lowest BCUT2D eigenvalue weighted by atomic mass is 9.95. The van der Waals surface area contributed by atoms with Crippen molar-refractivity contribution in [2.24, 2.45) is 0 Å². The number of pyridine rings is 1. The molecule has 2 aliphatic rings. The van der Waals surface area contributed by atoms with Crippen LogP contribution in [-0.2, 0) is 13.0 Å². The van der Waals surface area contributed by atoms with Gasteiger partial charge in [-0.15, -0.1) is 0 Å². The number of hydrogen-bond acceptors (Lipinski definition) is 3. The highest BCUT2D eigenvalue weighted by Crippen LogP contribution is 2.44. The van der Waals surface area contributed by atoms with Crippen molar-refractivity contribution in [1.82, 2.24) is 14.5 Å². The van der Waals surface area contributed by atoms with Gasteiger partial charge in [0.25, 0.3) is 0 Å². The van der Waals surface area contributed by atoms with Crippen LogP contribution in [0.15, 0.2) is 36.7 Å². The van der Waals surface area contributed by atoms with E-state index in [4.69, 9.17) is 11.6 Å². The molecule has 2 atom stereocenters. The smallest absolute Gasteiger partial charge is 0.0970 e. The largest absolute Gasteiger partial charge is 0.387 e. The number of aryl methyl sites for hydroxylation is 1. The van der Waals surface area contributed by atoms with Crippen LogP contribution in [0.5, 0.6) is 0 Å². The third kappa shape index (κ3) is 2.78. The first kappa shape index (κ1) is 17.2. The second kappa shape index (κ2) is 6.62. The molecule has 1 saturated heterocycles. The normalized spacial score (nSPS) is 20.6. The van der Waals surface area contributed by atoms with E-state index < -0.39 is 6.10 Å². The third-order valence-corrected chi connectivity index (χ3v) is 6.68. The van der Waals surface area contributed by atoms with Crippen LogP contribution in [0.2, 0.25) is 5.02 Å². The van der Waals surface area contributed by atoms with E-state index in [0.29, 0.717) is 12.6 Å². The second-order valence-electron chi connectivity index (χ2n) is 7.83. The molecular weight excluding hydrogens is 358 g/mol. The van der Waals surface area contributed by atoms with E-state index in [1.54, 1.807) is 12.4 Å². The van der Waals surface area contributed by atoms with Crippen molar-refractivity contribution in [2.45, 2.75) is 44.9 Å². The molecule has 4 heterocycles. The van der Waals surface area contributed by atoms with Crippen LogP contribution < -0.4 is 0 Å². The van der Waals surface area contributed by atoms with Crippen molar-refractivity contribution >= 4 is 22.5 Å². The Kier molecular flexibility index (Phi) is 4.23. The van der Waals surface area contributed by atoms with Crippen molar-refractivity contribution in [3.63, 3.8) is 0 Å². The van der Waals surface area contributed by atoms with Crippen molar-refractivity contribution in [1.29, 1.82) is 0 Å². The van der Waals surface area contributed by atoms with Gasteiger partial charge in [-0.3, -0.25) is 9.88 Å². The summed E-state index contributed by atoms with van der Waals surface area (Å²) < 4.78 is 2.32. The zero-order chi connectivity index (χ0) is 18.5. The van der Waals surface area contributed by atoms with Crippen LogP contribution in [0.3, 0.4) is 0 Å². The molecule has 140 valence electrons. The van der Waals surface area contributed by atoms with Crippen LogP contribution in [0, 0.1) is 6.92 Å². The summed E-state index contributed by atoms with van der Waals surface area (Å²) >= 11 is 6.49. The highest BCUT2D eigenvalue weighted by molar-refractivity contribution is 6.32. The minimum Gasteiger partial charge on any atom is -0.387 e. The van der Waals surface area contributed by atoms with Crippen LogP contribution in [0.1, 0.15) is 47.4 Å². The third-order valence-electron chi connectivity index (χ3n) is 6.27. The molecule has 4 nitrogen and oxygen atoms in total. The van der Waals surface area contributed by atoms with E-state index in [1.807, 2.05) is 12.1 Å². The highest BCUT2D eigenvalue weighted by Gasteiger charge is 2.35. The van der Waals surface area contributed by atoms with Crippen molar-refractivity contribution in [3.05, 3.63) is 64.1 Å². The summed E-state index contributed by atoms with van der Waals surface area (Å²) in [6, 6.07) is 8.62. The average Bonchev–Trinajstić information content (AvgIpc) is 3.26. The molecule has 5 rings (SSSR count). The van der Waals surface area contributed by atoms with Crippen LogP contribution in [-0.4, -0.2) is 32.6 Å². The van der Waals surface area contributed by atoms with Crippen LogP contribution in [0.4, 0.5) is 0 Å². The molecule has 0 aliphatic carbocycles. The molecule has 1 aromatic carbocycles. The summed E-state index contributed by atoms with van der Waals surface area (Å²) in [5.74, 6) is 0. The minimum absolute atomic E-state index is 0.510. The Labute approximate surface area is 164 Å². The monoisotopic (exact) mass is 381 g/mol. The number of nitrogens with zero attached hydrogens (tertiary/aromatic N) is 3. The summed E-state index contributed by atoms with van der Waals surface area (Å²) in [6.45, 7) is 4.92. The molecule has 0 spiro atoms. The Bertz CT molecular complexity index is 998. The van der Waals surface area contributed by atoms with E-state index in [9.17, 15) is 5.11 Å². The van der Waals surface area contributed by atoms with Crippen LogP contribution in [0.25, 0.3) is 10.9 Å². The van der Waals surface area contributed by atoms with E-state index in [1.165, 1.54) is 36.0 Å². The Morgan fingerprint density at radius 2 is 2.07 bits per heavy atom. The van der Waals surface area contributed by atoms with Gasteiger partial charge in [-0.1, -0.05) is 11.6 Å². The second-order valence-corrected chi connectivity index (χ2v) is 8.24. The molecular formula is C22H24ClN3O. The van der Waals surface area contributed by atoms with Crippen LogP contribution >= 0.6 is 11.6 Å². The van der Waals surface area contributed by atoms with Gasteiger partial charge in [0.2, 0.25) is 0 Å². The Morgan fingerprint density at radius 3 is 2.89 bits per heavy atom. The number of hydrogen-bond donors (Lipinski definition) is 1. The SMILES string of the molecule is Cc1cc2c3c(n(C[C@@H](O)c4ccncc4)c2cc1Cl)CCN1CCC[C@H]31. The summed E-state index contributed by atoms with van der Waals surface area (Å²) in [7, 11) is 0. The lowest BCUT2D eigenvalue weighted by Gasteiger charge is -2.31. The van der Waals surface area contributed by atoms with E-state index >= 15 is 0 Å². The number of rotatable bonds is 3. The number of aliphatic hydroxyl groups excluding tert-OH is 1. The van der Waals surface area contributed by atoms with Gasteiger partial charge in [0.15, 0.2) is 0 Å². The quantitative estimate of drug-likeness (QED) is 0.729. The summed E-state index contributed by atoms with van der Waals surface area (Å²) in [4.78, 5) is 6.68. The highest BCUT2D eigenvalue weighted by atomic mass is 35.5. The fraction of sp³-hybridized carbons (Fsp3) is 0.409. The molecule has 0 unspecified atom stereocenters. The lowest BCUT2D eigenvalue weighted by molar-refractivity contribution is 0.155. The molecule has 1 fully saturated rings. The first-order valence-corrected chi connectivity index (χ1v) is 10.1. The van der Waals surface area contributed by atoms with Crippen molar-refractivity contribution in [2.75, 3.05) is 13.1 Å². The number of aromatic nitrogens is 2. The van der Waals surface area contributed by atoms with Gasteiger partial charge < -0.3 is 9.67 Å². The topological polar surface area (TPSA) is 41.3 Å². The van der Waals surface area contributed by atoms with Crippen molar-refractivity contribution < 1.29 is 5.11 Å². The minimum atomic E-state index is -0.561. The zero-order valence-corrected chi connectivity index (χ0v) is 16.3. The first-order valence-electron chi connectivity index (χ1n) is 9.76. The van der Waals surface area contributed by atoms with Gasteiger partial charge in [-0.05, 0) is 67.3 Å². The molecule has 5 heteroatoms. The molecule has 0 radical (unpaired) electrons. The molecule has 0 bridgehead atoms. The fourth-order valence-corrected chi connectivity index (χ4v) is 5.10. The zero-order valence-electron chi connectivity index (χ0n) is 15.5. The van der Waals surface area contributed by atoms with E-state index in [2.05, 4.69) is 33.5 Å². The number of benzene rings is 1. The fourth-order valence-electron chi connectivity index (χ4n) is 4.94. The van der Waals surface area contributed by atoms with E-state index in [-0.39, 0.29) is 0 Å². The summed E-state index contributed by atoms with van der Waals surface area (Å²) in [5.41, 5.74) is 6.02. The average molecular weight is 382 g/mol. The van der Waals surface area contributed by atoms with Crippen molar-refractivity contribution in [3.8, 4) is 0 Å². The number of aliphatic hydroxyl groups is 1. The molecule has 0 amide bonds. The Morgan fingerprint density at radius 1 is 1.26 bits per heavy atom. The van der Waals surface area contributed by atoms with Gasteiger partial charge in [-0.2, -0.15) is 0 Å². The van der Waals surface area contributed by atoms with Gasteiger partial charge in [-0.25, -0.2) is 0 Å². The van der Waals surface area contributed by atoms with Gasteiger partial charge in [0, 0.05) is 47.5 Å². The standard InChI is InChI=1S/C22H24ClN3O/c1-14-11-16-20(12-17(14)23)26(13-21(27)15-4-7-24-8-5-15)19-6-10-25-9-2-3-18(25)22(16)19/h4-5,7-8,11-12,18,21,27H,2-3,6,9-10,13H2,1H3/t18-,21-/m1/s1. The van der Waals surface area contributed by atoms with Gasteiger partial charge in [0.05, 0.1) is 18.2 Å². The number of fused-ring (bicyclic) bond motifs is 5. The maximum Gasteiger partial charge on any atom is 0.0970 e. The molecule has 2 aliphatic heterocycles. The molecule has 3 aromatic rings. The van der Waals surface area contributed by atoms with Gasteiger partial charge in [0.1, 0.15) is 0 Å². The molecule has 2 aromatic heterocycles. The first-order chi connectivity index (χ1) is 13.1.